The maximum Gasteiger partial charge on any atom is 0.341 e. The summed E-state index contributed by atoms with van der Waals surface area (Å²) in [5, 5.41) is 8.88. The number of nitrogens with zero attached hydrogens (tertiary/aromatic N) is 1. The third-order valence-corrected chi connectivity index (χ3v) is 1.96. The number of pyridine rings is 1. The average molecular weight is 219 g/mol. The van der Waals surface area contributed by atoms with Crippen molar-refractivity contribution in [3.63, 3.8) is 0 Å². The van der Waals surface area contributed by atoms with Crippen LogP contribution >= 0.6 is 0 Å². The van der Waals surface area contributed by atoms with E-state index in [9.17, 15) is 4.79 Å². The zero-order valence-electron chi connectivity index (χ0n) is 8.29. The third kappa shape index (κ3) is 2.20. The van der Waals surface area contributed by atoms with Gasteiger partial charge in [-0.05, 0) is 18.2 Å². The van der Waals surface area contributed by atoms with Gasteiger partial charge in [0, 0.05) is 12.4 Å². The quantitative estimate of drug-likeness (QED) is 0.850. The van der Waals surface area contributed by atoms with Gasteiger partial charge >= 0.3 is 5.97 Å². The van der Waals surface area contributed by atoms with Gasteiger partial charge in [0.2, 0.25) is 0 Å². The molecule has 0 aliphatic carbocycles. The van der Waals surface area contributed by atoms with E-state index in [0.29, 0.717) is 5.76 Å². The van der Waals surface area contributed by atoms with Gasteiger partial charge in [0.1, 0.15) is 23.7 Å². The van der Waals surface area contributed by atoms with Gasteiger partial charge < -0.3 is 14.3 Å². The number of carbonyl (C=O) groups is 1. The summed E-state index contributed by atoms with van der Waals surface area (Å²) in [5.74, 6) is -0.158. The average Bonchev–Trinajstić information content (AvgIpc) is 2.79. The second-order valence-corrected chi connectivity index (χ2v) is 3.05. The van der Waals surface area contributed by atoms with E-state index < -0.39 is 5.97 Å². The van der Waals surface area contributed by atoms with Gasteiger partial charge in [0.25, 0.3) is 0 Å². The highest BCUT2D eigenvalue weighted by molar-refractivity contribution is 5.90. The van der Waals surface area contributed by atoms with Gasteiger partial charge in [-0.2, -0.15) is 0 Å². The number of ether oxygens (including phenoxy) is 1. The van der Waals surface area contributed by atoms with E-state index in [2.05, 4.69) is 4.98 Å². The van der Waals surface area contributed by atoms with E-state index >= 15 is 0 Å². The summed E-state index contributed by atoms with van der Waals surface area (Å²) in [5.41, 5.74) is 0.0362. The Morgan fingerprint density at radius 1 is 1.50 bits per heavy atom. The van der Waals surface area contributed by atoms with Crippen LogP contribution in [-0.4, -0.2) is 16.1 Å². The predicted molar refractivity (Wildman–Crippen MR) is 54.2 cm³/mol. The minimum absolute atomic E-state index is 0.0362. The molecule has 0 saturated heterocycles. The molecule has 0 fully saturated rings. The number of carboxylic acids is 1. The van der Waals surface area contributed by atoms with Crippen molar-refractivity contribution in [2.24, 2.45) is 0 Å². The van der Waals surface area contributed by atoms with Crippen molar-refractivity contribution in [1.82, 2.24) is 4.98 Å². The zero-order valence-corrected chi connectivity index (χ0v) is 8.29. The van der Waals surface area contributed by atoms with Gasteiger partial charge in [0.05, 0.1) is 6.26 Å². The molecule has 2 aromatic heterocycles. The molecule has 0 unspecified atom stereocenters. The molecule has 2 rings (SSSR count). The lowest BCUT2D eigenvalue weighted by molar-refractivity contribution is 0.0690. The lowest BCUT2D eigenvalue weighted by atomic mass is 10.2. The minimum Gasteiger partial charge on any atom is -0.485 e. The summed E-state index contributed by atoms with van der Waals surface area (Å²) in [6.07, 6.45) is 4.26. The fourth-order valence-electron chi connectivity index (χ4n) is 1.21. The Hall–Kier alpha value is -2.30. The SMILES string of the molecule is O=C(O)c1cnccc1OCc1ccco1. The molecule has 0 amide bonds. The highest BCUT2D eigenvalue weighted by atomic mass is 16.5. The molecule has 16 heavy (non-hydrogen) atoms. The standard InChI is InChI=1S/C11H9NO4/c13-11(14)9-6-12-4-3-10(9)16-7-8-2-1-5-15-8/h1-6H,7H2,(H,13,14). The van der Waals surface area contributed by atoms with E-state index in [0.717, 1.165) is 0 Å². The normalized spacial score (nSPS) is 10.0. The summed E-state index contributed by atoms with van der Waals surface area (Å²) in [4.78, 5) is 14.6. The van der Waals surface area contributed by atoms with E-state index in [1.54, 1.807) is 12.1 Å². The lowest BCUT2D eigenvalue weighted by Gasteiger charge is -2.06. The molecule has 0 bridgehead atoms. The van der Waals surface area contributed by atoms with E-state index in [-0.39, 0.29) is 17.9 Å². The summed E-state index contributed by atoms with van der Waals surface area (Å²) in [6, 6.07) is 5.00. The van der Waals surface area contributed by atoms with E-state index in [1.807, 2.05) is 0 Å². The molecule has 0 atom stereocenters. The lowest BCUT2D eigenvalue weighted by Crippen LogP contribution is -2.03. The summed E-state index contributed by atoms with van der Waals surface area (Å²) in [7, 11) is 0. The molecule has 0 spiro atoms. The van der Waals surface area contributed by atoms with Crippen molar-refractivity contribution in [2.75, 3.05) is 0 Å². The Morgan fingerprint density at radius 2 is 2.38 bits per heavy atom. The van der Waals surface area contributed by atoms with Crippen LogP contribution < -0.4 is 4.74 Å². The van der Waals surface area contributed by atoms with Crippen molar-refractivity contribution in [3.8, 4) is 5.75 Å². The van der Waals surface area contributed by atoms with E-state index in [1.165, 1.54) is 24.7 Å². The smallest absolute Gasteiger partial charge is 0.341 e. The molecule has 2 heterocycles. The minimum atomic E-state index is -1.07. The molecule has 0 aliphatic heterocycles. The van der Waals surface area contributed by atoms with Crippen LogP contribution in [0, 0.1) is 0 Å². The Kier molecular flexibility index (Phi) is 2.86. The first-order valence-electron chi connectivity index (χ1n) is 4.60. The molecule has 0 aliphatic rings. The maximum absolute atomic E-state index is 10.8. The number of furan rings is 1. The Bertz CT molecular complexity index is 478. The van der Waals surface area contributed by atoms with Gasteiger partial charge in [-0.25, -0.2) is 4.79 Å². The Morgan fingerprint density at radius 3 is 3.06 bits per heavy atom. The molecular weight excluding hydrogens is 210 g/mol. The molecule has 0 saturated carbocycles. The number of rotatable bonds is 4. The number of carboxylic acid groups (broad SMARTS) is 1. The van der Waals surface area contributed by atoms with Gasteiger partial charge in [-0.1, -0.05) is 0 Å². The number of aromatic nitrogens is 1. The number of hydrogen-bond donors (Lipinski definition) is 1. The maximum atomic E-state index is 10.8. The van der Waals surface area contributed by atoms with Crippen molar-refractivity contribution in [3.05, 3.63) is 48.2 Å². The van der Waals surface area contributed by atoms with E-state index in [4.69, 9.17) is 14.3 Å². The van der Waals surface area contributed by atoms with Crippen LogP contribution in [0.1, 0.15) is 16.1 Å². The Balaban J connectivity index is 2.12. The van der Waals surface area contributed by atoms with Gasteiger partial charge in [-0.15, -0.1) is 0 Å². The second-order valence-electron chi connectivity index (χ2n) is 3.05. The monoisotopic (exact) mass is 219 g/mol. The van der Waals surface area contributed by atoms with Crippen LogP contribution in [0.15, 0.2) is 41.3 Å². The van der Waals surface area contributed by atoms with Crippen LogP contribution in [0.2, 0.25) is 0 Å². The van der Waals surface area contributed by atoms with Crippen LogP contribution in [0.5, 0.6) is 5.75 Å². The largest absolute Gasteiger partial charge is 0.485 e. The number of aromatic carboxylic acids is 1. The topological polar surface area (TPSA) is 72.6 Å². The van der Waals surface area contributed by atoms with Gasteiger partial charge in [0.15, 0.2) is 0 Å². The molecule has 5 nitrogen and oxygen atoms in total. The number of hydrogen-bond acceptors (Lipinski definition) is 4. The molecule has 82 valence electrons. The zero-order chi connectivity index (χ0) is 11.4. The first kappa shape index (κ1) is 10.2. The highest BCUT2D eigenvalue weighted by Crippen LogP contribution is 2.18. The van der Waals surface area contributed by atoms with Crippen molar-refractivity contribution >= 4 is 5.97 Å². The van der Waals surface area contributed by atoms with Crippen molar-refractivity contribution < 1.29 is 19.1 Å². The molecule has 2 aromatic rings. The summed E-state index contributed by atoms with van der Waals surface area (Å²) < 4.78 is 10.4. The molecular formula is C11H9NO4. The Labute approximate surface area is 91.3 Å². The molecule has 5 heteroatoms. The summed E-state index contributed by atoms with van der Waals surface area (Å²) >= 11 is 0. The van der Waals surface area contributed by atoms with Crippen molar-refractivity contribution in [1.29, 1.82) is 0 Å². The third-order valence-electron chi connectivity index (χ3n) is 1.96. The van der Waals surface area contributed by atoms with Crippen molar-refractivity contribution in [2.45, 2.75) is 6.61 Å². The van der Waals surface area contributed by atoms with Gasteiger partial charge in [-0.3, -0.25) is 4.98 Å². The first-order valence-corrected chi connectivity index (χ1v) is 4.60. The molecule has 0 radical (unpaired) electrons. The fraction of sp³-hybridized carbons (Fsp3) is 0.0909. The fourth-order valence-corrected chi connectivity index (χ4v) is 1.21. The second kappa shape index (κ2) is 4.48. The molecule has 1 N–H and O–H groups in total. The highest BCUT2D eigenvalue weighted by Gasteiger charge is 2.11. The van der Waals surface area contributed by atoms with Crippen LogP contribution in [0.25, 0.3) is 0 Å². The molecule has 0 aromatic carbocycles. The van der Waals surface area contributed by atoms with Crippen LogP contribution in [-0.2, 0) is 6.61 Å². The first-order chi connectivity index (χ1) is 7.77. The predicted octanol–water partition coefficient (Wildman–Crippen LogP) is 1.95. The van der Waals surface area contributed by atoms with Crippen LogP contribution in [0.4, 0.5) is 0 Å². The summed E-state index contributed by atoms with van der Waals surface area (Å²) in [6.45, 7) is 0.192. The van der Waals surface area contributed by atoms with Crippen LogP contribution in [0.3, 0.4) is 0 Å².